The highest BCUT2D eigenvalue weighted by Crippen LogP contribution is 2.43. The predicted molar refractivity (Wildman–Crippen MR) is 217 cm³/mol. The van der Waals surface area contributed by atoms with E-state index < -0.39 is 51.1 Å². The second-order valence-corrected chi connectivity index (χ2v) is 16.3. The van der Waals surface area contributed by atoms with E-state index in [-0.39, 0.29) is 19.4 Å². The molecule has 12 heteroatoms. The second kappa shape index (κ2) is 38.1. The van der Waals surface area contributed by atoms with Gasteiger partial charge in [-0.15, -0.1) is 0 Å². The van der Waals surface area contributed by atoms with Crippen LogP contribution in [0.15, 0.2) is 12.2 Å². The largest absolute Gasteiger partial charge is 0.480 e. The Labute approximate surface area is 328 Å². The lowest BCUT2D eigenvalue weighted by molar-refractivity contribution is -0.161. The first-order valence-corrected chi connectivity index (χ1v) is 23.2. The normalized spacial score (nSPS) is 13.9. The standard InChI is InChI=1S/C42H80NO10P/c1-3-5-7-9-11-13-15-17-19-21-23-25-27-29-31-33-40(44)50-35-38(36-51-54(48,49)52-37-39(43)42(46)47)53-41(45)34-32-30-28-26-24-22-20-18-16-14-12-10-8-6-4-2/h9,11,38-39H,3-8,10,12-37,43H2,1-2H3,(H,46,47)(H,48,49)/b11-9+/t38-,39+/m1/s1. The van der Waals surface area contributed by atoms with E-state index in [1.165, 1.54) is 128 Å². The van der Waals surface area contributed by atoms with Crippen LogP contribution >= 0.6 is 7.82 Å². The van der Waals surface area contributed by atoms with Gasteiger partial charge in [-0.3, -0.25) is 23.4 Å². The van der Waals surface area contributed by atoms with E-state index in [9.17, 15) is 23.8 Å². The van der Waals surface area contributed by atoms with Crippen LogP contribution < -0.4 is 5.73 Å². The van der Waals surface area contributed by atoms with E-state index >= 15 is 0 Å². The number of phosphoric ester groups is 1. The van der Waals surface area contributed by atoms with Crippen LogP contribution in [0.1, 0.15) is 206 Å². The third kappa shape index (κ3) is 37.2. The number of esters is 2. The van der Waals surface area contributed by atoms with E-state index in [0.717, 1.165) is 38.5 Å². The molecule has 0 aromatic heterocycles. The molecule has 54 heavy (non-hydrogen) atoms. The molecule has 0 heterocycles. The van der Waals surface area contributed by atoms with Crippen molar-refractivity contribution in [3.05, 3.63) is 12.2 Å². The van der Waals surface area contributed by atoms with Gasteiger partial charge in [0.1, 0.15) is 12.6 Å². The molecular weight excluding hydrogens is 709 g/mol. The molecule has 11 nitrogen and oxygen atoms in total. The van der Waals surface area contributed by atoms with Gasteiger partial charge in [-0.1, -0.05) is 174 Å². The van der Waals surface area contributed by atoms with Crippen LogP contribution in [0.3, 0.4) is 0 Å². The van der Waals surface area contributed by atoms with Crippen molar-refractivity contribution in [3.63, 3.8) is 0 Å². The number of rotatable bonds is 41. The van der Waals surface area contributed by atoms with Gasteiger partial charge in [0.2, 0.25) is 0 Å². The maximum Gasteiger partial charge on any atom is 0.472 e. The summed E-state index contributed by atoms with van der Waals surface area (Å²) < 4.78 is 32.7. The number of carbonyl (C=O) groups excluding carboxylic acids is 2. The average molecular weight is 790 g/mol. The zero-order valence-electron chi connectivity index (χ0n) is 34.3. The summed E-state index contributed by atoms with van der Waals surface area (Å²) in [6.45, 7) is 2.79. The molecule has 0 aromatic rings. The number of ether oxygens (including phenoxy) is 2. The minimum atomic E-state index is -4.71. The van der Waals surface area contributed by atoms with Gasteiger partial charge in [-0.2, -0.15) is 0 Å². The lowest BCUT2D eigenvalue weighted by Crippen LogP contribution is -2.34. The number of carbonyl (C=O) groups is 3. The first-order chi connectivity index (χ1) is 26.1. The molecule has 0 saturated carbocycles. The summed E-state index contributed by atoms with van der Waals surface area (Å²) in [5.74, 6) is -2.37. The quantitative estimate of drug-likeness (QED) is 0.0233. The molecule has 0 fully saturated rings. The first kappa shape index (κ1) is 52.2. The number of phosphoric acid groups is 1. The maximum absolute atomic E-state index is 12.6. The molecule has 1 unspecified atom stereocenters. The molecule has 0 spiro atoms. The van der Waals surface area contributed by atoms with Crippen LogP contribution in [-0.4, -0.2) is 59.9 Å². The van der Waals surface area contributed by atoms with Crippen molar-refractivity contribution in [2.45, 2.75) is 219 Å². The van der Waals surface area contributed by atoms with Crippen LogP contribution in [0, 0.1) is 0 Å². The molecule has 0 saturated heterocycles. The van der Waals surface area contributed by atoms with Gasteiger partial charge in [0.15, 0.2) is 6.10 Å². The van der Waals surface area contributed by atoms with Crippen LogP contribution in [-0.2, 0) is 37.5 Å². The number of hydrogen-bond acceptors (Lipinski definition) is 9. The van der Waals surface area contributed by atoms with Crippen LogP contribution in [0.5, 0.6) is 0 Å². The van der Waals surface area contributed by atoms with Crippen molar-refractivity contribution >= 4 is 25.7 Å². The van der Waals surface area contributed by atoms with E-state index in [2.05, 4.69) is 30.5 Å². The van der Waals surface area contributed by atoms with Crippen LogP contribution in [0.2, 0.25) is 0 Å². The topological polar surface area (TPSA) is 172 Å². The molecule has 0 bridgehead atoms. The fourth-order valence-corrected chi connectivity index (χ4v) is 6.82. The predicted octanol–water partition coefficient (Wildman–Crippen LogP) is 11.3. The number of aliphatic carboxylic acids is 1. The van der Waals surface area contributed by atoms with E-state index in [0.29, 0.717) is 12.8 Å². The van der Waals surface area contributed by atoms with E-state index in [4.69, 9.17) is 24.8 Å². The van der Waals surface area contributed by atoms with Crippen molar-refractivity contribution in [3.8, 4) is 0 Å². The van der Waals surface area contributed by atoms with Gasteiger partial charge in [-0.25, -0.2) is 4.57 Å². The van der Waals surface area contributed by atoms with Crippen molar-refractivity contribution in [1.29, 1.82) is 0 Å². The first-order valence-electron chi connectivity index (χ1n) is 21.7. The Hall–Kier alpha value is -1.78. The Morgan fingerprint density at radius 3 is 1.41 bits per heavy atom. The Kier molecular flexibility index (Phi) is 36.9. The number of allylic oxidation sites excluding steroid dienone is 2. The third-order valence-electron chi connectivity index (χ3n) is 9.51. The summed E-state index contributed by atoms with van der Waals surface area (Å²) >= 11 is 0. The zero-order valence-corrected chi connectivity index (χ0v) is 35.2. The second-order valence-electron chi connectivity index (χ2n) is 14.8. The van der Waals surface area contributed by atoms with Gasteiger partial charge >= 0.3 is 25.7 Å². The molecule has 0 aliphatic carbocycles. The number of carboxylic acids is 1. The van der Waals surface area contributed by atoms with Crippen molar-refractivity contribution < 1.29 is 47.5 Å². The van der Waals surface area contributed by atoms with Crippen molar-refractivity contribution in [2.75, 3.05) is 19.8 Å². The molecule has 0 aliphatic rings. The Morgan fingerprint density at radius 1 is 0.556 bits per heavy atom. The molecule has 0 aliphatic heterocycles. The Balaban J connectivity index is 4.33. The van der Waals surface area contributed by atoms with Gasteiger partial charge in [0, 0.05) is 12.8 Å². The fourth-order valence-electron chi connectivity index (χ4n) is 6.05. The summed E-state index contributed by atoms with van der Waals surface area (Å²) in [6.07, 6.45) is 37.0. The molecule has 3 atom stereocenters. The van der Waals surface area contributed by atoms with Gasteiger partial charge in [0.05, 0.1) is 13.2 Å². The minimum absolute atomic E-state index is 0.167. The average Bonchev–Trinajstić information content (AvgIpc) is 3.14. The van der Waals surface area contributed by atoms with Gasteiger partial charge in [-0.05, 0) is 32.1 Å². The Bertz CT molecular complexity index is 979. The summed E-state index contributed by atoms with van der Waals surface area (Å²) in [5.41, 5.74) is 5.33. The lowest BCUT2D eigenvalue weighted by atomic mass is 10.0. The highest BCUT2D eigenvalue weighted by Gasteiger charge is 2.28. The molecule has 0 rings (SSSR count). The number of unbranched alkanes of at least 4 members (excludes halogenated alkanes) is 25. The van der Waals surface area contributed by atoms with Crippen LogP contribution in [0.4, 0.5) is 0 Å². The lowest BCUT2D eigenvalue weighted by Gasteiger charge is -2.20. The van der Waals surface area contributed by atoms with Gasteiger partial charge < -0.3 is 25.2 Å². The van der Waals surface area contributed by atoms with E-state index in [1.807, 2.05) is 0 Å². The summed E-state index contributed by atoms with van der Waals surface area (Å²) in [5, 5.41) is 8.88. The highest BCUT2D eigenvalue weighted by molar-refractivity contribution is 7.47. The molecule has 0 radical (unpaired) electrons. The summed E-state index contributed by atoms with van der Waals surface area (Å²) in [4.78, 5) is 45.9. The summed E-state index contributed by atoms with van der Waals surface area (Å²) in [6, 6.07) is -1.52. The van der Waals surface area contributed by atoms with Gasteiger partial charge in [0.25, 0.3) is 0 Å². The molecule has 318 valence electrons. The third-order valence-corrected chi connectivity index (χ3v) is 10.5. The number of hydrogen-bond donors (Lipinski definition) is 3. The minimum Gasteiger partial charge on any atom is -0.480 e. The monoisotopic (exact) mass is 790 g/mol. The zero-order chi connectivity index (χ0) is 40.0. The van der Waals surface area contributed by atoms with E-state index in [1.54, 1.807) is 0 Å². The molecular formula is C42H80NO10P. The number of nitrogens with two attached hydrogens (primary N) is 1. The summed E-state index contributed by atoms with van der Waals surface area (Å²) in [7, 11) is -4.71. The smallest absolute Gasteiger partial charge is 0.472 e. The Morgan fingerprint density at radius 2 is 0.944 bits per heavy atom. The number of carboxylic acid groups (broad SMARTS) is 1. The van der Waals surface area contributed by atoms with Crippen molar-refractivity contribution in [2.24, 2.45) is 5.73 Å². The van der Waals surface area contributed by atoms with Crippen LogP contribution in [0.25, 0.3) is 0 Å². The highest BCUT2D eigenvalue weighted by atomic mass is 31.2. The maximum atomic E-state index is 12.6. The SMILES string of the molecule is CCCC/C=C/CCCCCCCCCCCC(=O)OC[C@H](COP(=O)(O)OC[C@H](N)C(=O)O)OC(=O)CCCCCCCCCCCCCCCCC. The van der Waals surface area contributed by atoms with Crippen molar-refractivity contribution in [1.82, 2.24) is 0 Å². The molecule has 4 N–H and O–H groups in total. The molecule has 0 aromatic carbocycles. The molecule has 0 amide bonds. The fraction of sp³-hybridized carbons (Fsp3) is 0.881.